The summed E-state index contributed by atoms with van der Waals surface area (Å²) < 4.78 is 0. The normalized spacial score (nSPS) is 15.0. The molecule has 1 atom stereocenters. The molecule has 2 N–H and O–H groups in total. The first-order valence-corrected chi connectivity index (χ1v) is 10.5. The van der Waals surface area contributed by atoms with E-state index >= 15 is 0 Å². The lowest BCUT2D eigenvalue weighted by atomic mass is 10.1. The quantitative estimate of drug-likeness (QED) is 0.701. The van der Waals surface area contributed by atoms with Crippen molar-refractivity contribution >= 4 is 28.9 Å². The maximum Gasteiger partial charge on any atom is 0.253 e. The van der Waals surface area contributed by atoms with Crippen LogP contribution >= 0.6 is 12.2 Å². The molecule has 2 aromatic carbocycles. The summed E-state index contributed by atoms with van der Waals surface area (Å²) in [4.78, 5) is 14.5. The first-order valence-electron chi connectivity index (χ1n) is 10.1. The largest absolute Gasteiger partial charge is 0.360 e. The van der Waals surface area contributed by atoms with Gasteiger partial charge in [0.2, 0.25) is 0 Å². The highest BCUT2D eigenvalue weighted by Crippen LogP contribution is 2.15. The molecule has 0 bridgehead atoms. The number of carbonyl (C=O) groups is 1. The van der Waals surface area contributed by atoms with Gasteiger partial charge in [0.15, 0.2) is 5.11 Å². The zero-order chi connectivity index (χ0) is 19.8. The number of nitrogens with zero attached hydrogens (tertiary/aromatic N) is 1. The minimum absolute atomic E-state index is 0.126. The van der Waals surface area contributed by atoms with E-state index in [-0.39, 0.29) is 11.9 Å². The third-order valence-corrected chi connectivity index (χ3v) is 5.34. The zero-order valence-electron chi connectivity index (χ0n) is 16.5. The molecule has 4 nitrogen and oxygen atoms in total. The third-order valence-electron chi connectivity index (χ3n) is 5.12. The van der Waals surface area contributed by atoms with E-state index in [0.717, 1.165) is 50.0 Å². The lowest BCUT2D eigenvalue weighted by Crippen LogP contribution is -2.36. The first-order chi connectivity index (χ1) is 13.6. The molecule has 1 aliphatic rings. The molecule has 2 aromatic rings. The molecule has 28 heavy (non-hydrogen) atoms. The Hall–Kier alpha value is -2.40. The predicted octanol–water partition coefficient (Wildman–Crippen LogP) is 4.62. The molecule has 1 aliphatic heterocycles. The van der Waals surface area contributed by atoms with Crippen LogP contribution in [0.2, 0.25) is 0 Å². The molecule has 148 valence electrons. The van der Waals surface area contributed by atoms with Crippen LogP contribution in [0.3, 0.4) is 0 Å². The Kier molecular flexibility index (Phi) is 7.43. The van der Waals surface area contributed by atoms with Gasteiger partial charge in [-0.05, 0) is 81.1 Å². The lowest BCUT2D eigenvalue weighted by Gasteiger charge is -2.26. The molecule has 1 saturated heterocycles. The Morgan fingerprint density at radius 3 is 2.39 bits per heavy atom. The number of nitrogens with one attached hydrogen (secondary N) is 2. The fourth-order valence-electron chi connectivity index (χ4n) is 3.47. The summed E-state index contributed by atoms with van der Waals surface area (Å²) in [6.07, 6.45) is 5.46. The number of hydrogen-bond donors (Lipinski definition) is 2. The van der Waals surface area contributed by atoms with Crippen molar-refractivity contribution in [1.29, 1.82) is 0 Å². The highest BCUT2D eigenvalue weighted by molar-refractivity contribution is 7.80. The van der Waals surface area contributed by atoms with Crippen LogP contribution in [0.15, 0.2) is 54.6 Å². The maximum absolute atomic E-state index is 12.5. The van der Waals surface area contributed by atoms with Crippen molar-refractivity contribution in [2.75, 3.05) is 18.4 Å². The van der Waals surface area contributed by atoms with Gasteiger partial charge < -0.3 is 15.5 Å². The van der Waals surface area contributed by atoms with Crippen LogP contribution in [-0.4, -0.2) is 35.1 Å². The molecule has 1 heterocycles. The van der Waals surface area contributed by atoms with Gasteiger partial charge in [0.25, 0.3) is 5.91 Å². The Labute approximate surface area is 173 Å². The van der Waals surface area contributed by atoms with E-state index < -0.39 is 0 Å². The summed E-state index contributed by atoms with van der Waals surface area (Å²) in [5, 5.41) is 7.15. The fourth-order valence-corrected chi connectivity index (χ4v) is 3.79. The minimum atomic E-state index is 0.126. The van der Waals surface area contributed by atoms with E-state index in [1.807, 2.05) is 35.2 Å². The summed E-state index contributed by atoms with van der Waals surface area (Å²) in [6.45, 7) is 3.87. The van der Waals surface area contributed by atoms with Gasteiger partial charge >= 0.3 is 0 Å². The molecular formula is C23H29N3OS. The standard InChI is InChI=1S/C23H29N3OS/c1-18(10-11-19-8-4-2-5-9-19)24-23(28)25-21-14-12-20(13-15-21)22(27)26-16-6-3-7-17-26/h2,4-5,8-9,12-15,18H,3,6-7,10-11,16-17H2,1H3,(H2,24,25,28)/t18-/m0/s1. The van der Waals surface area contributed by atoms with Crippen molar-refractivity contribution in [2.24, 2.45) is 0 Å². The number of rotatable bonds is 6. The number of carbonyl (C=O) groups excluding carboxylic acids is 1. The Morgan fingerprint density at radius 1 is 1.04 bits per heavy atom. The average molecular weight is 396 g/mol. The van der Waals surface area contributed by atoms with Crippen LogP contribution in [0.5, 0.6) is 0 Å². The number of thiocarbonyl (C=S) groups is 1. The van der Waals surface area contributed by atoms with Crippen LogP contribution in [0.1, 0.15) is 48.5 Å². The van der Waals surface area contributed by atoms with Gasteiger partial charge in [0.1, 0.15) is 0 Å². The second kappa shape index (κ2) is 10.2. The number of hydrogen-bond acceptors (Lipinski definition) is 2. The van der Waals surface area contributed by atoms with Crippen molar-refractivity contribution in [1.82, 2.24) is 10.2 Å². The highest BCUT2D eigenvalue weighted by Gasteiger charge is 2.17. The Balaban J connectivity index is 1.45. The van der Waals surface area contributed by atoms with Crippen LogP contribution in [0.4, 0.5) is 5.69 Å². The van der Waals surface area contributed by atoms with Gasteiger partial charge in [-0.15, -0.1) is 0 Å². The van der Waals surface area contributed by atoms with Crippen molar-refractivity contribution in [3.05, 3.63) is 65.7 Å². The molecule has 0 radical (unpaired) electrons. The summed E-state index contributed by atoms with van der Waals surface area (Å²) in [7, 11) is 0. The van der Waals surface area contributed by atoms with Crippen molar-refractivity contribution in [3.8, 4) is 0 Å². The molecular weight excluding hydrogens is 366 g/mol. The SMILES string of the molecule is C[C@@H](CCc1ccccc1)NC(=S)Nc1ccc(C(=O)N2CCCCC2)cc1. The third kappa shape index (κ3) is 6.06. The Bertz CT molecular complexity index is 770. The fraction of sp³-hybridized carbons (Fsp3) is 0.391. The van der Waals surface area contributed by atoms with Gasteiger partial charge in [-0.1, -0.05) is 30.3 Å². The highest BCUT2D eigenvalue weighted by atomic mass is 32.1. The molecule has 5 heteroatoms. The number of likely N-dealkylation sites (tertiary alicyclic amines) is 1. The van der Waals surface area contributed by atoms with Gasteiger partial charge in [0.05, 0.1) is 0 Å². The maximum atomic E-state index is 12.5. The molecule has 1 fully saturated rings. The second-order valence-electron chi connectivity index (χ2n) is 7.45. The molecule has 0 saturated carbocycles. The van der Waals surface area contributed by atoms with Crippen molar-refractivity contribution in [2.45, 2.75) is 45.1 Å². The van der Waals surface area contributed by atoms with E-state index in [0.29, 0.717) is 5.11 Å². The molecule has 1 amide bonds. The minimum Gasteiger partial charge on any atom is -0.360 e. The van der Waals surface area contributed by atoms with E-state index in [1.165, 1.54) is 12.0 Å². The van der Waals surface area contributed by atoms with Gasteiger partial charge in [-0.3, -0.25) is 4.79 Å². The van der Waals surface area contributed by atoms with Gasteiger partial charge in [-0.25, -0.2) is 0 Å². The summed E-state index contributed by atoms with van der Waals surface area (Å²) >= 11 is 5.43. The average Bonchev–Trinajstić information content (AvgIpc) is 2.73. The zero-order valence-corrected chi connectivity index (χ0v) is 17.3. The van der Waals surface area contributed by atoms with E-state index in [4.69, 9.17) is 12.2 Å². The molecule has 0 spiro atoms. The second-order valence-corrected chi connectivity index (χ2v) is 7.86. The molecule has 0 aliphatic carbocycles. The predicted molar refractivity (Wildman–Crippen MR) is 120 cm³/mol. The summed E-state index contributed by atoms with van der Waals surface area (Å²) in [6, 6.07) is 18.3. The van der Waals surface area contributed by atoms with E-state index in [9.17, 15) is 4.79 Å². The molecule has 0 unspecified atom stereocenters. The van der Waals surface area contributed by atoms with Crippen molar-refractivity contribution < 1.29 is 4.79 Å². The first kappa shape index (κ1) is 20.3. The monoisotopic (exact) mass is 395 g/mol. The van der Waals surface area contributed by atoms with Crippen LogP contribution in [0, 0.1) is 0 Å². The number of aryl methyl sites for hydroxylation is 1. The molecule has 3 rings (SSSR count). The van der Waals surface area contributed by atoms with Crippen LogP contribution in [0.25, 0.3) is 0 Å². The van der Waals surface area contributed by atoms with Crippen LogP contribution in [-0.2, 0) is 6.42 Å². The smallest absolute Gasteiger partial charge is 0.253 e. The van der Waals surface area contributed by atoms with Crippen molar-refractivity contribution in [3.63, 3.8) is 0 Å². The lowest BCUT2D eigenvalue weighted by molar-refractivity contribution is 0.0724. The molecule has 0 aromatic heterocycles. The number of anilines is 1. The van der Waals surface area contributed by atoms with Gasteiger partial charge in [-0.2, -0.15) is 0 Å². The number of amides is 1. The Morgan fingerprint density at radius 2 is 1.71 bits per heavy atom. The van der Waals surface area contributed by atoms with Gasteiger partial charge in [0, 0.05) is 30.4 Å². The summed E-state index contributed by atoms with van der Waals surface area (Å²) in [5.41, 5.74) is 2.97. The summed E-state index contributed by atoms with van der Waals surface area (Å²) in [5.74, 6) is 0.126. The van der Waals surface area contributed by atoms with E-state index in [2.05, 4.69) is 41.8 Å². The number of benzene rings is 2. The van der Waals surface area contributed by atoms with E-state index in [1.54, 1.807) is 0 Å². The number of piperidine rings is 1. The van der Waals surface area contributed by atoms with Crippen LogP contribution < -0.4 is 10.6 Å². The topological polar surface area (TPSA) is 44.4 Å².